The highest BCUT2D eigenvalue weighted by Crippen LogP contribution is 2.38. The molecule has 3 rings (SSSR count). The Morgan fingerprint density at radius 1 is 1.20 bits per heavy atom. The zero-order valence-electron chi connectivity index (χ0n) is 12.9. The topological polar surface area (TPSA) is 73.9 Å². The molecule has 0 atom stereocenters. The van der Waals surface area contributed by atoms with E-state index in [1.54, 1.807) is 18.2 Å². The van der Waals surface area contributed by atoms with E-state index in [9.17, 15) is 9.59 Å². The van der Waals surface area contributed by atoms with Crippen molar-refractivity contribution in [3.8, 4) is 11.5 Å². The molecule has 0 radical (unpaired) electrons. The van der Waals surface area contributed by atoms with Crippen molar-refractivity contribution in [1.29, 1.82) is 0 Å². The number of hydrogen-bond acceptors (Lipinski definition) is 5. The van der Waals surface area contributed by atoms with Gasteiger partial charge in [-0.3, -0.25) is 4.79 Å². The summed E-state index contributed by atoms with van der Waals surface area (Å²) in [5, 5.41) is 2.90. The molecule has 1 N–H and O–H groups in total. The first-order chi connectivity index (χ1) is 12.0. The van der Waals surface area contributed by atoms with Crippen LogP contribution in [-0.4, -0.2) is 31.7 Å². The molecular formula is C17H13BrClNO5. The highest BCUT2D eigenvalue weighted by molar-refractivity contribution is 9.10. The van der Waals surface area contributed by atoms with Crippen molar-refractivity contribution in [3.63, 3.8) is 0 Å². The Bertz CT molecular complexity index is 827. The number of benzene rings is 2. The number of rotatable bonds is 4. The number of esters is 1. The summed E-state index contributed by atoms with van der Waals surface area (Å²) in [5.74, 6) is -0.357. The van der Waals surface area contributed by atoms with Crippen molar-refractivity contribution in [3.05, 3.63) is 51.5 Å². The molecule has 2 aromatic rings. The van der Waals surface area contributed by atoms with Crippen LogP contribution in [0.25, 0.3) is 0 Å². The minimum absolute atomic E-state index is 0.183. The van der Waals surface area contributed by atoms with Crippen LogP contribution in [0.3, 0.4) is 0 Å². The second-order valence-electron chi connectivity index (χ2n) is 5.09. The summed E-state index contributed by atoms with van der Waals surface area (Å²) in [6, 6.07) is 10.0. The van der Waals surface area contributed by atoms with Crippen LogP contribution >= 0.6 is 27.5 Å². The maximum Gasteiger partial charge on any atom is 0.338 e. The van der Waals surface area contributed by atoms with Gasteiger partial charge in [-0.25, -0.2) is 4.79 Å². The molecule has 1 aliphatic rings. The van der Waals surface area contributed by atoms with Crippen molar-refractivity contribution in [1.82, 2.24) is 0 Å². The van der Waals surface area contributed by atoms with Gasteiger partial charge >= 0.3 is 5.97 Å². The van der Waals surface area contributed by atoms with Crippen molar-refractivity contribution < 1.29 is 23.8 Å². The first kappa shape index (κ1) is 17.6. The van der Waals surface area contributed by atoms with Gasteiger partial charge in [0.15, 0.2) is 18.1 Å². The van der Waals surface area contributed by atoms with Crippen LogP contribution in [0.15, 0.2) is 40.9 Å². The number of fused-ring (bicyclic) bond motifs is 1. The lowest BCUT2D eigenvalue weighted by Crippen LogP contribution is -2.21. The van der Waals surface area contributed by atoms with E-state index in [4.69, 9.17) is 25.8 Å². The quantitative estimate of drug-likeness (QED) is 0.755. The molecule has 0 saturated carbocycles. The summed E-state index contributed by atoms with van der Waals surface area (Å²) in [6.45, 7) is 0.341. The van der Waals surface area contributed by atoms with Gasteiger partial charge in [-0.2, -0.15) is 0 Å². The Balaban J connectivity index is 1.62. The second kappa shape index (κ2) is 7.76. The summed E-state index contributed by atoms with van der Waals surface area (Å²) in [7, 11) is 0. The fourth-order valence-electron chi connectivity index (χ4n) is 2.19. The van der Waals surface area contributed by atoms with Gasteiger partial charge in [0.1, 0.15) is 13.2 Å². The Hall–Kier alpha value is -2.25. The third kappa shape index (κ3) is 4.24. The summed E-state index contributed by atoms with van der Waals surface area (Å²) in [4.78, 5) is 24.1. The average molecular weight is 427 g/mol. The van der Waals surface area contributed by atoms with Crippen molar-refractivity contribution in [2.75, 3.05) is 25.1 Å². The van der Waals surface area contributed by atoms with Crippen LogP contribution in [0.5, 0.6) is 11.5 Å². The molecule has 0 bridgehead atoms. The molecule has 0 aliphatic carbocycles. The normalized spacial score (nSPS) is 12.4. The highest BCUT2D eigenvalue weighted by Gasteiger charge is 2.20. The van der Waals surface area contributed by atoms with Crippen LogP contribution in [-0.2, 0) is 9.53 Å². The van der Waals surface area contributed by atoms with Crippen LogP contribution < -0.4 is 14.8 Å². The molecule has 6 nitrogen and oxygen atoms in total. The standard InChI is InChI=1S/C17H13BrClNO5/c18-11-3-1-2-4-13(11)20-15(21)9-25-17(22)10-7-12(19)16-14(8-10)23-5-6-24-16/h1-4,7-8H,5-6,9H2,(H,20,21). The van der Waals surface area contributed by atoms with E-state index >= 15 is 0 Å². The first-order valence-electron chi connectivity index (χ1n) is 7.35. The van der Waals surface area contributed by atoms with E-state index in [1.165, 1.54) is 12.1 Å². The molecule has 0 fully saturated rings. The van der Waals surface area contributed by atoms with Crippen molar-refractivity contribution in [2.45, 2.75) is 0 Å². The number of anilines is 1. The maximum absolute atomic E-state index is 12.1. The molecule has 0 saturated heterocycles. The SMILES string of the molecule is O=C(COC(=O)c1cc(Cl)c2c(c1)OCCO2)Nc1ccccc1Br. The number of carbonyl (C=O) groups excluding carboxylic acids is 2. The van der Waals surface area contributed by atoms with E-state index in [1.807, 2.05) is 6.07 Å². The largest absolute Gasteiger partial charge is 0.486 e. The number of amides is 1. The van der Waals surface area contributed by atoms with Gasteiger partial charge in [-0.05, 0) is 40.2 Å². The number of hydrogen-bond donors (Lipinski definition) is 1. The molecule has 130 valence electrons. The molecule has 1 aliphatic heterocycles. The Morgan fingerprint density at radius 3 is 2.76 bits per heavy atom. The molecule has 2 aromatic carbocycles. The molecule has 8 heteroatoms. The van der Waals surface area contributed by atoms with Gasteiger partial charge < -0.3 is 19.5 Å². The lowest BCUT2D eigenvalue weighted by Gasteiger charge is -2.19. The maximum atomic E-state index is 12.1. The second-order valence-corrected chi connectivity index (χ2v) is 6.35. The molecule has 0 spiro atoms. The zero-order valence-corrected chi connectivity index (χ0v) is 15.2. The number of para-hydroxylation sites is 1. The van der Waals surface area contributed by atoms with E-state index in [2.05, 4.69) is 21.2 Å². The van der Waals surface area contributed by atoms with Gasteiger partial charge in [-0.1, -0.05) is 23.7 Å². The fourth-order valence-corrected chi connectivity index (χ4v) is 2.84. The number of ether oxygens (including phenoxy) is 3. The third-order valence-corrected chi connectivity index (χ3v) is 4.29. The van der Waals surface area contributed by atoms with Crippen LogP contribution in [0, 0.1) is 0 Å². The van der Waals surface area contributed by atoms with Gasteiger partial charge in [-0.15, -0.1) is 0 Å². The number of nitrogens with one attached hydrogen (secondary N) is 1. The van der Waals surface area contributed by atoms with Gasteiger partial charge in [0.25, 0.3) is 5.91 Å². The van der Waals surface area contributed by atoms with Crippen LogP contribution in [0.4, 0.5) is 5.69 Å². The summed E-state index contributed by atoms with van der Waals surface area (Å²) >= 11 is 9.40. The van der Waals surface area contributed by atoms with Gasteiger partial charge in [0, 0.05) is 4.47 Å². The molecule has 25 heavy (non-hydrogen) atoms. The fraction of sp³-hybridized carbons (Fsp3) is 0.176. The lowest BCUT2D eigenvalue weighted by molar-refractivity contribution is -0.119. The van der Waals surface area contributed by atoms with Crippen molar-refractivity contribution >= 4 is 45.1 Å². The van der Waals surface area contributed by atoms with Gasteiger partial charge in [0.05, 0.1) is 16.3 Å². The van der Waals surface area contributed by atoms with E-state index in [0.29, 0.717) is 30.4 Å². The molecule has 0 unspecified atom stereocenters. The summed E-state index contributed by atoms with van der Waals surface area (Å²) in [5.41, 5.74) is 0.772. The van der Waals surface area contributed by atoms with E-state index < -0.39 is 18.5 Å². The Labute approximate surface area is 157 Å². The molecular weight excluding hydrogens is 414 g/mol. The Kier molecular flexibility index (Phi) is 5.45. The van der Waals surface area contributed by atoms with Crippen molar-refractivity contribution in [2.24, 2.45) is 0 Å². The molecule has 1 heterocycles. The lowest BCUT2D eigenvalue weighted by atomic mass is 10.2. The first-order valence-corrected chi connectivity index (χ1v) is 8.52. The minimum Gasteiger partial charge on any atom is -0.486 e. The van der Waals surface area contributed by atoms with Gasteiger partial charge in [0.2, 0.25) is 0 Å². The highest BCUT2D eigenvalue weighted by atomic mass is 79.9. The average Bonchev–Trinajstić information content (AvgIpc) is 2.61. The zero-order chi connectivity index (χ0) is 17.8. The van der Waals surface area contributed by atoms with E-state index in [-0.39, 0.29) is 10.6 Å². The van der Waals surface area contributed by atoms with E-state index in [0.717, 1.165) is 4.47 Å². The van der Waals surface area contributed by atoms with Crippen LogP contribution in [0.2, 0.25) is 5.02 Å². The number of halogens is 2. The smallest absolute Gasteiger partial charge is 0.338 e. The number of carbonyl (C=O) groups is 2. The summed E-state index contributed by atoms with van der Waals surface area (Å²) < 4.78 is 16.6. The molecule has 0 aromatic heterocycles. The minimum atomic E-state index is -0.679. The predicted molar refractivity (Wildman–Crippen MR) is 95.5 cm³/mol. The predicted octanol–water partition coefficient (Wildman–Crippen LogP) is 3.67. The monoisotopic (exact) mass is 425 g/mol. The Morgan fingerprint density at radius 2 is 1.96 bits per heavy atom. The van der Waals surface area contributed by atoms with Crippen LogP contribution in [0.1, 0.15) is 10.4 Å². The summed E-state index contributed by atoms with van der Waals surface area (Å²) in [6.07, 6.45) is 0. The molecule has 1 amide bonds. The third-order valence-electron chi connectivity index (χ3n) is 3.31.